The van der Waals surface area contributed by atoms with Crippen LogP contribution in [0.15, 0.2) is 53.5 Å². The number of hydrogen-bond acceptors (Lipinski definition) is 2. The molecule has 0 amide bonds. The number of nitrogens with zero attached hydrogens (tertiary/aromatic N) is 3. The molecular formula is C21H25N5. The van der Waals surface area contributed by atoms with Gasteiger partial charge in [-0.2, -0.15) is 5.10 Å². The molecule has 134 valence electrons. The van der Waals surface area contributed by atoms with Gasteiger partial charge in [-0.1, -0.05) is 24.3 Å². The molecule has 0 fully saturated rings. The third-order valence-electron chi connectivity index (χ3n) is 4.63. The predicted octanol–water partition coefficient (Wildman–Crippen LogP) is 4.03. The molecule has 5 nitrogen and oxygen atoms in total. The van der Waals surface area contributed by atoms with Gasteiger partial charge in [-0.05, 0) is 63.1 Å². The smallest absolute Gasteiger partial charge is 0.193 e. The van der Waals surface area contributed by atoms with Crippen LogP contribution in [0.4, 0.5) is 5.69 Å². The largest absolute Gasteiger partial charge is 0.370 e. The first-order valence-corrected chi connectivity index (χ1v) is 8.70. The zero-order valence-electron chi connectivity index (χ0n) is 15.7. The van der Waals surface area contributed by atoms with Crippen molar-refractivity contribution in [1.82, 2.24) is 9.78 Å². The maximum absolute atomic E-state index is 6.07. The van der Waals surface area contributed by atoms with Gasteiger partial charge in [0.1, 0.15) is 0 Å². The number of aryl methyl sites for hydroxylation is 3. The minimum atomic E-state index is 0.402. The number of aromatic nitrogens is 2. The van der Waals surface area contributed by atoms with Gasteiger partial charge in [0.25, 0.3) is 0 Å². The second kappa shape index (κ2) is 7.44. The Kier molecular flexibility index (Phi) is 5.07. The van der Waals surface area contributed by atoms with Crippen LogP contribution in [-0.4, -0.2) is 15.7 Å². The second-order valence-electron chi connectivity index (χ2n) is 6.52. The molecule has 0 aliphatic rings. The van der Waals surface area contributed by atoms with Crippen molar-refractivity contribution in [2.75, 3.05) is 5.32 Å². The Hall–Kier alpha value is -3.08. The monoisotopic (exact) mass is 347 g/mol. The van der Waals surface area contributed by atoms with Gasteiger partial charge < -0.3 is 11.1 Å². The Bertz CT molecular complexity index is 939. The standard InChI is InChI=1S/C21H25N5/c1-14-10-11-18(12-15(14)2)24-21(22)23-13-20-16(3)25-26(17(20)4)19-8-6-5-7-9-19/h5-12H,13H2,1-4H3,(H3,22,23,24). The quantitative estimate of drug-likeness (QED) is 0.553. The molecule has 2 aromatic carbocycles. The summed E-state index contributed by atoms with van der Waals surface area (Å²) >= 11 is 0. The van der Waals surface area contributed by atoms with Crippen molar-refractivity contribution < 1.29 is 0 Å². The van der Waals surface area contributed by atoms with Gasteiger partial charge in [-0.3, -0.25) is 0 Å². The van der Waals surface area contributed by atoms with E-state index in [0.717, 1.165) is 28.3 Å². The van der Waals surface area contributed by atoms with Crippen molar-refractivity contribution in [3.8, 4) is 5.69 Å². The van der Waals surface area contributed by atoms with Crippen molar-refractivity contribution in [2.24, 2.45) is 10.7 Å². The van der Waals surface area contributed by atoms with E-state index in [1.807, 2.05) is 48.0 Å². The van der Waals surface area contributed by atoms with Gasteiger partial charge in [-0.15, -0.1) is 0 Å². The fourth-order valence-corrected chi connectivity index (χ4v) is 2.90. The van der Waals surface area contributed by atoms with Crippen LogP contribution in [0.1, 0.15) is 28.1 Å². The summed E-state index contributed by atoms with van der Waals surface area (Å²) in [6.07, 6.45) is 0. The summed E-state index contributed by atoms with van der Waals surface area (Å²) in [4.78, 5) is 4.50. The average Bonchev–Trinajstić information content (AvgIpc) is 2.91. The van der Waals surface area contributed by atoms with Crippen LogP contribution in [0, 0.1) is 27.7 Å². The molecule has 1 heterocycles. The number of guanidine groups is 1. The van der Waals surface area contributed by atoms with E-state index in [-0.39, 0.29) is 0 Å². The molecule has 0 unspecified atom stereocenters. The lowest BCUT2D eigenvalue weighted by molar-refractivity contribution is 0.832. The predicted molar refractivity (Wildman–Crippen MR) is 108 cm³/mol. The van der Waals surface area contributed by atoms with Gasteiger partial charge >= 0.3 is 0 Å². The maximum atomic E-state index is 6.07. The van der Waals surface area contributed by atoms with Crippen molar-refractivity contribution in [1.29, 1.82) is 0 Å². The highest BCUT2D eigenvalue weighted by Gasteiger charge is 2.12. The summed E-state index contributed by atoms with van der Waals surface area (Å²) in [5.41, 5.74) is 13.7. The molecule has 1 aromatic heterocycles. The Balaban J connectivity index is 1.77. The fourth-order valence-electron chi connectivity index (χ4n) is 2.90. The number of aliphatic imine (C=N–C) groups is 1. The Labute approximate surface area is 154 Å². The van der Waals surface area contributed by atoms with E-state index in [4.69, 9.17) is 5.73 Å². The Morgan fingerprint density at radius 2 is 1.77 bits per heavy atom. The molecule has 3 N–H and O–H groups in total. The number of nitrogens with one attached hydrogen (secondary N) is 1. The topological polar surface area (TPSA) is 68.2 Å². The first-order chi connectivity index (χ1) is 12.5. The third kappa shape index (κ3) is 3.77. The molecule has 0 spiro atoms. The van der Waals surface area contributed by atoms with Crippen LogP contribution in [0.5, 0.6) is 0 Å². The lowest BCUT2D eigenvalue weighted by Gasteiger charge is -2.08. The minimum Gasteiger partial charge on any atom is -0.370 e. The molecule has 0 atom stereocenters. The number of nitrogens with two attached hydrogens (primary N) is 1. The second-order valence-corrected chi connectivity index (χ2v) is 6.52. The van der Waals surface area contributed by atoms with Crippen LogP contribution < -0.4 is 11.1 Å². The molecule has 0 radical (unpaired) electrons. The summed E-state index contributed by atoms with van der Waals surface area (Å²) in [6, 6.07) is 16.3. The number of hydrogen-bond donors (Lipinski definition) is 2. The zero-order chi connectivity index (χ0) is 18.7. The Morgan fingerprint density at radius 3 is 2.46 bits per heavy atom. The minimum absolute atomic E-state index is 0.402. The van der Waals surface area contributed by atoms with E-state index >= 15 is 0 Å². The summed E-state index contributed by atoms with van der Waals surface area (Å²) in [6.45, 7) is 8.73. The average molecular weight is 347 g/mol. The van der Waals surface area contributed by atoms with Gasteiger partial charge in [0, 0.05) is 16.9 Å². The first-order valence-electron chi connectivity index (χ1n) is 8.70. The van der Waals surface area contributed by atoms with Crippen LogP contribution in [0.2, 0.25) is 0 Å². The highest BCUT2D eigenvalue weighted by atomic mass is 15.3. The Morgan fingerprint density at radius 1 is 1.04 bits per heavy atom. The van der Waals surface area contributed by atoms with Crippen LogP contribution in [0.25, 0.3) is 5.69 Å². The van der Waals surface area contributed by atoms with Crippen molar-refractivity contribution >= 4 is 11.6 Å². The SMILES string of the molecule is Cc1ccc(NC(N)=NCc2c(C)nn(-c3ccccc3)c2C)cc1C. The molecule has 0 aliphatic heterocycles. The van der Waals surface area contributed by atoms with Crippen LogP contribution in [-0.2, 0) is 6.54 Å². The number of para-hydroxylation sites is 1. The number of benzene rings is 2. The molecular weight excluding hydrogens is 322 g/mol. The fraction of sp³-hybridized carbons (Fsp3) is 0.238. The first kappa shape index (κ1) is 17.7. The summed E-state index contributed by atoms with van der Waals surface area (Å²) in [7, 11) is 0. The summed E-state index contributed by atoms with van der Waals surface area (Å²) < 4.78 is 1.95. The van der Waals surface area contributed by atoms with E-state index in [9.17, 15) is 0 Å². The molecule has 0 bridgehead atoms. The van der Waals surface area contributed by atoms with E-state index < -0.39 is 0 Å². The number of anilines is 1. The maximum Gasteiger partial charge on any atom is 0.193 e. The normalized spacial score (nSPS) is 11.6. The highest BCUT2D eigenvalue weighted by Crippen LogP contribution is 2.19. The molecule has 26 heavy (non-hydrogen) atoms. The van der Waals surface area contributed by atoms with Crippen molar-refractivity contribution in [3.05, 3.63) is 76.6 Å². The molecule has 0 saturated carbocycles. The van der Waals surface area contributed by atoms with E-state index in [2.05, 4.69) is 48.3 Å². The van der Waals surface area contributed by atoms with Gasteiger partial charge in [0.2, 0.25) is 0 Å². The van der Waals surface area contributed by atoms with Gasteiger partial charge in [-0.25, -0.2) is 9.67 Å². The van der Waals surface area contributed by atoms with Gasteiger partial charge in [0.15, 0.2) is 5.96 Å². The molecule has 3 rings (SSSR count). The van der Waals surface area contributed by atoms with E-state index in [1.165, 1.54) is 11.1 Å². The zero-order valence-corrected chi connectivity index (χ0v) is 15.7. The van der Waals surface area contributed by atoms with E-state index in [1.54, 1.807) is 0 Å². The molecule has 0 aliphatic carbocycles. The molecule has 0 saturated heterocycles. The molecule has 3 aromatic rings. The third-order valence-corrected chi connectivity index (χ3v) is 4.63. The summed E-state index contributed by atoms with van der Waals surface area (Å²) in [5.74, 6) is 0.402. The van der Waals surface area contributed by atoms with Crippen molar-refractivity contribution in [2.45, 2.75) is 34.2 Å². The highest BCUT2D eigenvalue weighted by molar-refractivity contribution is 5.92. The molecule has 5 heteroatoms. The van der Waals surface area contributed by atoms with E-state index in [0.29, 0.717) is 12.5 Å². The van der Waals surface area contributed by atoms with Gasteiger partial charge in [0.05, 0.1) is 17.9 Å². The summed E-state index contributed by atoms with van der Waals surface area (Å²) in [5, 5.41) is 7.81. The van der Waals surface area contributed by atoms with Crippen LogP contribution in [0.3, 0.4) is 0 Å². The van der Waals surface area contributed by atoms with Crippen LogP contribution >= 0.6 is 0 Å². The van der Waals surface area contributed by atoms with Crippen molar-refractivity contribution in [3.63, 3.8) is 0 Å². The number of rotatable bonds is 4. The lowest BCUT2D eigenvalue weighted by atomic mass is 10.1. The lowest BCUT2D eigenvalue weighted by Crippen LogP contribution is -2.22.